The van der Waals surface area contributed by atoms with Crippen LogP contribution in [0.5, 0.6) is 0 Å². The van der Waals surface area contributed by atoms with Crippen molar-refractivity contribution in [2.75, 3.05) is 13.2 Å². The van der Waals surface area contributed by atoms with Gasteiger partial charge in [-0.1, -0.05) is 19.1 Å². The molecule has 0 saturated heterocycles. The van der Waals surface area contributed by atoms with Crippen molar-refractivity contribution in [3.05, 3.63) is 23.8 Å². The number of nitrogens with one attached hydrogen (secondary N) is 2. The average Bonchev–Trinajstić information content (AvgIpc) is 2.53. The van der Waals surface area contributed by atoms with Crippen molar-refractivity contribution in [2.45, 2.75) is 39.2 Å². The SMILES string of the molecule is CC(CO)CCNC(C)C1=CCCC(=N)C=C1. The van der Waals surface area contributed by atoms with Gasteiger partial charge in [-0.2, -0.15) is 0 Å². The Morgan fingerprint density at radius 2 is 2.18 bits per heavy atom. The van der Waals surface area contributed by atoms with Crippen molar-refractivity contribution in [1.82, 2.24) is 5.32 Å². The minimum atomic E-state index is 0.260. The van der Waals surface area contributed by atoms with Gasteiger partial charge in [-0.05, 0) is 50.3 Å². The Balaban J connectivity index is 2.36. The van der Waals surface area contributed by atoms with E-state index < -0.39 is 0 Å². The molecule has 0 heterocycles. The Bertz CT molecular complexity index is 307. The second-order valence-electron chi connectivity index (χ2n) is 4.85. The zero-order valence-corrected chi connectivity index (χ0v) is 10.9. The van der Waals surface area contributed by atoms with Gasteiger partial charge in [-0.3, -0.25) is 0 Å². The molecule has 2 unspecified atom stereocenters. The summed E-state index contributed by atoms with van der Waals surface area (Å²) in [5.41, 5.74) is 1.97. The first-order chi connectivity index (χ1) is 8.13. The molecular formula is C14H24N2O. The molecule has 3 nitrogen and oxygen atoms in total. The molecule has 0 radical (unpaired) electrons. The van der Waals surface area contributed by atoms with Crippen molar-refractivity contribution in [2.24, 2.45) is 5.92 Å². The van der Waals surface area contributed by atoms with Crippen molar-refractivity contribution in [1.29, 1.82) is 5.41 Å². The van der Waals surface area contributed by atoms with E-state index >= 15 is 0 Å². The fourth-order valence-corrected chi connectivity index (χ4v) is 1.82. The zero-order chi connectivity index (χ0) is 12.7. The summed E-state index contributed by atoms with van der Waals surface area (Å²) in [5.74, 6) is 0.363. The molecule has 0 spiro atoms. The van der Waals surface area contributed by atoms with Crippen LogP contribution in [0.2, 0.25) is 0 Å². The maximum Gasteiger partial charge on any atom is 0.0457 e. The van der Waals surface area contributed by atoms with Crippen LogP contribution in [0.15, 0.2) is 23.8 Å². The topological polar surface area (TPSA) is 56.1 Å². The molecule has 1 aliphatic rings. The summed E-state index contributed by atoms with van der Waals surface area (Å²) in [6, 6.07) is 0.322. The van der Waals surface area contributed by atoms with E-state index in [0.717, 1.165) is 25.8 Å². The van der Waals surface area contributed by atoms with Crippen molar-refractivity contribution < 1.29 is 5.11 Å². The highest BCUT2D eigenvalue weighted by Crippen LogP contribution is 2.12. The third-order valence-corrected chi connectivity index (χ3v) is 3.17. The molecule has 0 amide bonds. The first kappa shape index (κ1) is 14.1. The summed E-state index contributed by atoms with van der Waals surface area (Å²) in [6.07, 6.45) is 8.95. The number of allylic oxidation sites excluding steroid dienone is 2. The van der Waals surface area contributed by atoms with Crippen LogP contribution in [0.25, 0.3) is 0 Å². The first-order valence-corrected chi connectivity index (χ1v) is 6.43. The molecule has 0 fully saturated rings. The minimum Gasteiger partial charge on any atom is -0.396 e. The van der Waals surface area contributed by atoms with E-state index in [1.807, 2.05) is 12.2 Å². The van der Waals surface area contributed by atoms with E-state index in [9.17, 15) is 0 Å². The van der Waals surface area contributed by atoms with Gasteiger partial charge >= 0.3 is 0 Å². The van der Waals surface area contributed by atoms with Crippen LogP contribution >= 0.6 is 0 Å². The van der Waals surface area contributed by atoms with Crippen LogP contribution in [0.3, 0.4) is 0 Å². The predicted molar refractivity (Wildman–Crippen MR) is 72.5 cm³/mol. The minimum absolute atomic E-state index is 0.260. The second-order valence-corrected chi connectivity index (χ2v) is 4.85. The maximum atomic E-state index is 8.94. The van der Waals surface area contributed by atoms with Gasteiger partial charge in [0.2, 0.25) is 0 Å². The van der Waals surface area contributed by atoms with Crippen LogP contribution in [0, 0.1) is 11.3 Å². The highest BCUT2D eigenvalue weighted by molar-refractivity contribution is 5.93. The largest absolute Gasteiger partial charge is 0.396 e. The monoisotopic (exact) mass is 236 g/mol. The zero-order valence-electron chi connectivity index (χ0n) is 10.9. The number of hydrogen-bond donors (Lipinski definition) is 3. The lowest BCUT2D eigenvalue weighted by molar-refractivity contribution is 0.229. The van der Waals surface area contributed by atoms with E-state index in [1.54, 1.807) is 0 Å². The summed E-state index contributed by atoms with van der Waals surface area (Å²) >= 11 is 0. The Morgan fingerprint density at radius 1 is 1.41 bits per heavy atom. The van der Waals surface area contributed by atoms with Gasteiger partial charge < -0.3 is 15.8 Å². The summed E-state index contributed by atoms with van der Waals surface area (Å²) in [5, 5.41) is 20.0. The Hall–Kier alpha value is -0.930. The third-order valence-electron chi connectivity index (χ3n) is 3.17. The molecule has 0 aromatic heterocycles. The van der Waals surface area contributed by atoms with Crippen molar-refractivity contribution >= 4 is 5.71 Å². The molecule has 0 aromatic rings. The van der Waals surface area contributed by atoms with E-state index in [0.29, 0.717) is 17.7 Å². The van der Waals surface area contributed by atoms with Gasteiger partial charge in [-0.15, -0.1) is 0 Å². The lowest BCUT2D eigenvalue weighted by Crippen LogP contribution is -2.29. The van der Waals surface area contributed by atoms with Gasteiger partial charge in [0.15, 0.2) is 0 Å². The van der Waals surface area contributed by atoms with Gasteiger partial charge in [0.25, 0.3) is 0 Å². The smallest absolute Gasteiger partial charge is 0.0457 e. The van der Waals surface area contributed by atoms with E-state index in [1.165, 1.54) is 5.57 Å². The lowest BCUT2D eigenvalue weighted by Gasteiger charge is -2.16. The quantitative estimate of drug-likeness (QED) is 0.662. The molecule has 0 saturated carbocycles. The average molecular weight is 236 g/mol. The van der Waals surface area contributed by atoms with Gasteiger partial charge in [0, 0.05) is 18.4 Å². The number of hydrogen-bond acceptors (Lipinski definition) is 3. The highest BCUT2D eigenvalue weighted by atomic mass is 16.3. The molecule has 3 N–H and O–H groups in total. The van der Waals surface area contributed by atoms with Crippen LogP contribution in [0.1, 0.15) is 33.1 Å². The summed E-state index contributed by atoms with van der Waals surface area (Å²) < 4.78 is 0. The van der Waals surface area contributed by atoms with Crippen molar-refractivity contribution in [3.8, 4) is 0 Å². The second kappa shape index (κ2) is 7.41. The summed E-state index contributed by atoms with van der Waals surface area (Å²) in [4.78, 5) is 0. The molecule has 0 bridgehead atoms. The Kier molecular flexibility index (Phi) is 6.16. The van der Waals surface area contributed by atoms with E-state index in [2.05, 4.69) is 25.2 Å². The molecule has 1 aliphatic carbocycles. The van der Waals surface area contributed by atoms with Crippen LogP contribution in [0.4, 0.5) is 0 Å². The first-order valence-electron chi connectivity index (χ1n) is 6.43. The molecule has 17 heavy (non-hydrogen) atoms. The Morgan fingerprint density at radius 3 is 2.88 bits per heavy atom. The van der Waals surface area contributed by atoms with Gasteiger partial charge in [0.1, 0.15) is 0 Å². The summed E-state index contributed by atoms with van der Waals surface area (Å²) in [7, 11) is 0. The van der Waals surface area contributed by atoms with E-state index in [4.69, 9.17) is 10.5 Å². The Labute approximate surface area is 104 Å². The molecular weight excluding hydrogens is 212 g/mol. The molecule has 0 aliphatic heterocycles. The van der Waals surface area contributed by atoms with Crippen molar-refractivity contribution in [3.63, 3.8) is 0 Å². The highest BCUT2D eigenvalue weighted by Gasteiger charge is 2.08. The number of aliphatic hydroxyl groups excluding tert-OH is 1. The van der Waals surface area contributed by atoms with E-state index in [-0.39, 0.29) is 6.61 Å². The molecule has 96 valence electrons. The predicted octanol–water partition coefficient (Wildman–Crippen LogP) is 2.28. The summed E-state index contributed by atoms with van der Waals surface area (Å²) in [6.45, 7) is 5.38. The molecule has 0 aromatic carbocycles. The van der Waals surface area contributed by atoms with Gasteiger partial charge in [-0.25, -0.2) is 0 Å². The number of aliphatic hydroxyl groups is 1. The van der Waals surface area contributed by atoms with Crippen LogP contribution in [-0.4, -0.2) is 30.0 Å². The normalized spacial score (nSPS) is 19.7. The third kappa shape index (κ3) is 5.29. The maximum absolute atomic E-state index is 8.94. The fraction of sp³-hybridized carbons (Fsp3) is 0.643. The lowest BCUT2D eigenvalue weighted by atomic mass is 10.1. The molecule has 1 rings (SSSR count). The number of rotatable bonds is 6. The van der Waals surface area contributed by atoms with Crippen LogP contribution < -0.4 is 5.32 Å². The molecule has 3 heteroatoms. The van der Waals surface area contributed by atoms with Crippen LogP contribution in [-0.2, 0) is 0 Å². The van der Waals surface area contributed by atoms with Gasteiger partial charge in [0.05, 0.1) is 0 Å². The fourth-order valence-electron chi connectivity index (χ4n) is 1.82. The molecule has 2 atom stereocenters. The standard InChI is InChI=1S/C14H24N2O/c1-11(10-17)8-9-16-12(2)13-4-3-5-14(15)7-6-13/h4,6-7,11-12,15-17H,3,5,8-10H2,1-2H3.